The van der Waals surface area contributed by atoms with Crippen molar-refractivity contribution in [3.63, 3.8) is 0 Å². The van der Waals surface area contributed by atoms with E-state index < -0.39 is 22.4 Å². The molecule has 0 aliphatic rings. The smallest absolute Gasteiger partial charge is 0.416 e. The molecule has 0 N–H and O–H groups in total. The largest absolute Gasteiger partial charge is 0.497 e. The molecular weight excluding hydrogens is 441 g/mol. The highest BCUT2D eigenvalue weighted by atomic mass is 19.4. The molecule has 0 spiro atoms. The van der Waals surface area contributed by atoms with Crippen molar-refractivity contribution in [3.05, 3.63) is 81.9 Å². The van der Waals surface area contributed by atoms with Gasteiger partial charge in [0.2, 0.25) is 5.75 Å². The molecule has 0 unspecified atom stereocenters. The maximum absolute atomic E-state index is 12.9. The van der Waals surface area contributed by atoms with Crippen LogP contribution in [0.4, 0.5) is 24.5 Å². The third kappa shape index (κ3) is 6.00. The minimum atomic E-state index is -4.72. The number of benzene rings is 3. The summed E-state index contributed by atoms with van der Waals surface area (Å²) in [6.07, 6.45) is -3.13. The predicted molar refractivity (Wildman–Crippen MR) is 116 cm³/mol. The second-order valence-electron chi connectivity index (χ2n) is 6.63. The first-order valence-corrected chi connectivity index (χ1v) is 9.69. The van der Waals surface area contributed by atoms with Gasteiger partial charge in [-0.2, -0.15) is 13.2 Å². The molecule has 3 rings (SSSR count). The van der Waals surface area contributed by atoms with Crippen molar-refractivity contribution in [2.45, 2.75) is 13.1 Å². The molecule has 7 nitrogen and oxygen atoms in total. The lowest BCUT2D eigenvalue weighted by Crippen LogP contribution is -2.06. The van der Waals surface area contributed by atoms with E-state index in [0.29, 0.717) is 23.1 Å². The second-order valence-corrected chi connectivity index (χ2v) is 6.63. The first-order valence-electron chi connectivity index (χ1n) is 9.69. The summed E-state index contributed by atoms with van der Waals surface area (Å²) in [6, 6.07) is 13.9. The van der Waals surface area contributed by atoms with E-state index in [1.165, 1.54) is 6.07 Å². The molecule has 33 heavy (non-hydrogen) atoms. The van der Waals surface area contributed by atoms with Crippen LogP contribution < -0.4 is 14.2 Å². The van der Waals surface area contributed by atoms with Crippen LogP contribution in [0.1, 0.15) is 18.1 Å². The predicted octanol–water partition coefficient (Wildman–Crippen LogP) is 6.56. The highest BCUT2D eigenvalue weighted by Crippen LogP contribution is 2.40. The molecule has 3 aromatic carbocycles. The van der Waals surface area contributed by atoms with Crippen LogP contribution in [-0.4, -0.2) is 24.9 Å². The summed E-state index contributed by atoms with van der Waals surface area (Å²) in [4.78, 5) is 14.8. The molecule has 0 saturated heterocycles. The van der Waals surface area contributed by atoms with Crippen LogP contribution in [0.15, 0.2) is 65.7 Å². The van der Waals surface area contributed by atoms with Gasteiger partial charge < -0.3 is 14.2 Å². The highest BCUT2D eigenvalue weighted by Gasteiger charge is 2.33. The van der Waals surface area contributed by atoms with Gasteiger partial charge in [0.1, 0.15) is 5.75 Å². The summed E-state index contributed by atoms with van der Waals surface area (Å²) >= 11 is 0. The van der Waals surface area contributed by atoms with E-state index in [0.717, 1.165) is 12.1 Å². The number of rotatable bonds is 8. The average Bonchev–Trinajstić information content (AvgIpc) is 2.79. The Bertz CT molecular complexity index is 1160. The summed E-state index contributed by atoms with van der Waals surface area (Å²) in [5.41, 5.74) is -0.605. The van der Waals surface area contributed by atoms with Gasteiger partial charge in [-0.05, 0) is 67.1 Å². The van der Waals surface area contributed by atoms with Crippen molar-refractivity contribution in [2.75, 3.05) is 13.7 Å². The molecule has 3 aromatic rings. The quantitative estimate of drug-likeness (QED) is 0.216. The Balaban J connectivity index is 1.89. The van der Waals surface area contributed by atoms with Gasteiger partial charge in [-0.25, -0.2) is 0 Å². The summed E-state index contributed by atoms with van der Waals surface area (Å²) in [7, 11) is 1.57. The number of aliphatic imine (C=N–C) groups is 1. The molecular formula is C23H19F3N2O5. The van der Waals surface area contributed by atoms with Crippen molar-refractivity contribution >= 4 is 17.6 Å². The number of alkyl halides is 3. The number of ether oxygens (including phenoxy) is 3. The zero-order valence-corrected chi connectivity index (χ0v) is 17.6. The zero-order valence-electron chi connectivity index (χ0n) is 17.6. The fraction of sp³-hybridized carbons (Fsp3) is 0.174. The number of halogens is 3. The lowest BCUT2D eigenvalue weighted by Gasteiger charge is -2.13. The normalized spacial score (nSPS) is 11.4. The molecule has 0 aliphatic carbocycles. The number of nitrogens with zero attached hydrogens (tertiary/aromatic N) is 2. The summed E-state index contributed by atoms with van der Waals surface area (Å²) in [6.45, 7) is 2.01. The van der Waals surface area contributed by atoms with Gasteiger partial charge in [0.25, 0.3) is 0 Å². The summed E-state index contributed by atoms with van der Waals surface area (Å²) in [5.74, 6) is 0.728. The number of methoxy groups -OCH3 is 1. The summed E-state index contributed by atoms with van der Waals surface area (Å²) < 4.78 is 55.0. The molecule has 0 atom stereocenters. The Morgan fingerprint density at radius 1 is 1.00 bits per heavy atom. The van der Waals surface area contributed by atoms with E-state index in [-0.39, 0.29) is 23.9 Å². The SMILES string of the molecule is CCOc1cc(C=Nc2ccc(OC)cc2)ccc1Oc1ccc(C(F)(F)F)cc1[N+](=O)[O-]. The first kappa shape index (κ1) is 23.6. The number of hydrogen-bond acceptors (Lipinski definition) is 6. The van der Waals surface area contributed by atoms with Gasteiger partial charge in [0.15, 0.2) is 11.5 Å². The van der Waals surface area contributed by atoms with Crippen LogP contribution in [0.25, 0.3) is 0 Å². The van der Waals surface area contributed by atoms with E-state index in [4.69, 9.17) is 14.2 Å². The second kappa shape index (κ2) is 10.0. The molecule has 0 aliphatic heterocycles. The lowest BCUT2D eigenvalue weighted by atomic mass is 10.1. The molecule has 0 saturated carbocycles. The molecule has 0 radical (unpaired) electrons. The molecule has 0 aromatic heterocycles. The fourth-order valence-corrected chi connectivity index (χ4v) is 2.82. The van der Waals surface area contributed by atoms with Crippen LogP contribution in [0.2, 0.25) is 0 Å². The highest BCUT2D eigenvalue weighted by molar-refractivity contribution is 5.83. The van der Waals surface area contributed by atoms with Crippen LogP contribution in [0.3, 0.4) is 0 Å². The maximum atomic E-state index is 12.9. The Kier molecular flexibility index (Phi) is 7.17. The van der Waals surface area contributed by atoms with E-state index in [1.807, 2.05) is 0 Å². The van der Waals surface area contributed by atoms with Gasteiger partial charge in [-0.15, -0.1) is 0 Å². The van der Waals surface area contributed by atoms with Crippen molar-refractivity contribution in [3.8, 4) is 23.0 Å². The number of hydrogen-bond donors (Lipinski definition) is 0. The van der Waals surface area contributed by atoms with E-state index in [1.54, 1.807) is 56.6 Å². The van der Waals surface area contributed by atoms with Crippen LogP contribution in [-0.2, 0) is 6.18 Å². The molecule has 0 fully saturated rings. The molecule has 0 bridgehead atoms. The monoisotopic (exact) mass is 460 g/mol. The minimum Gasteiger partial charge on any atom is -0.497 e. The third-order valence-corrected chi connectivity index (χ3v) is 4.41. The average molecular weight is 460 g/mol. The van der Waals surface area contributed by atoms with Crippen LogP contribution in [0, 0.1) is 10.1 Å². The van der Waals surface area contributed by atoms with Gasteiger partial charge in [-0.1, -0.05) is 0 Å². The van der Waals surface area contributed by atoms with E-state index in [2.05, 4.69) is 4.99 Å². The van der Waals surface area contributed by atoms with Crippen LogP contribution in [0.5, 0.6) is 23.0 Å². The Hall–Kier alpha value is -4.08. The Morgan fingerprint density at radius 3 is 2.30 bits per heavy atom. The molecule has 0 amide bonds. The number of nitro groups is 1. The lowest BCUT2D eigenvalue weighted by molar-refractivity contribution is -0.385. The zero-order chi connectivity index (χ0) is 24.0. The van der Waals surface area contributed by atoms with Crippen molar-refractivity contribution in [2.24, 2.45) is 4.99 Å². The summed E-state index contributed by atoms with van der Waals surface area (Å²) in [5, 5.41) is 11.3. The van der Waals surface area contributed by atoms with Crippen molar-refractivity contribution in [1.82, 2.24) is 0 Å². The Morgan fingerprint density at radius 2 is 1.70 bits per heavy atom. The molecule has 0 heterocycles. The van der Waals surface area contributed by atoms with Crippen LogP contribution >= 0.6 is 0 Å². The van der Waals surface area contributed by atoms with Crippen molar-refractivity contribution < 1.29 is 32.3 Å². The minimum absolute atomic E-state index is 0.112. The van der Waals surface area contributed by atoms with Gasteiger partial charge in [0.05, 0.1) is 29.9 Å². The van der Waals surface area contributed by atoms with E-state index in [9.17, 15) is 23.3 Å². The molecule has 10 heteroatoms. The first-order chi connectivity index (χ1) is 15.7. The third-order valence-electron chi connectivity index (χ3n) is 4.41. The number of nitro benzene ring substituents is 1. The van der Waals surface area contributed by atoms with E-state index >= 15 is 0 Å². The standard InChI is InChI=1S/C23H19F3N2O5/c1-3-32-22-12-15(14-27-17-6-8-18(31-2)9-7-17)4-10-21(22)33-20-11-5-16(23(24,25)26)13-19(20)28(29)30/h4-14H,3H2,1-2H3. The fourth-order valence-electron chi connectivity index (χ4n) is 2.82. The van der Waals surface area contributed by atoms with Crippen molar-refractivity contribution in [1.29, 1.82) is 0 Å². The molecule has 172 valence electrons. The topological polar surface area (TPSA) is 83.2 Å². The Labute approximate surface area is 187 Å². The van der Waals surface area contributed by atoms with Gasteiger partial charge in [0, 0.05) is 12.3 Å². The maximum Gasteiger partial charge on any atom is 0.416 e. The van der Waals surface area contributed by atoms with Gasteiger partial charge >= 0.3 is 11.9 Å². The van der Waals surface area contributed by atoms with Gasteiger partial charge in [-0.3, -0.25) is 15.1 Å².